The van der Waals surface area contributed by atoms with E-state index in [1.807, 2.05) is 35.5 Å². The van der Waals surface area contributed by atoms with Crippen molar-refractivity contribution in [3.63, 3.8) is 0 Å². The van der Waals surface area contributed by atoms with Gasteiger partial charge in [0.2, 0.25) is 0 Å². The molecule has 0 radical (unpaired) electrons. The maximum Gasteiger partial charge on any atom is 0.132 e. The summed E-state index contributed by atoms with van der Waals surface area (Å²) in [5.74, 6) is 0.846. The van der Waals surface area contributed by atoms with Gasteiger partial charge in [-0.1, -0.05) is 6.07 Å². The standard InChI is InChI=1S/C12H12N4S/c1-16(6-3-5-13)12-8-10(14-9-15-12)11-4-2-7-17-11/h2,4,7-9H,3,6H2,1H3. The van der Waals surface area contributed by atoms with E-state index in [0.717, 1.165) is 16.4 Å². The van der Waals surface area contributed by atoms with Gasteiger partial charge in [0.1, 0.15) is 12.1 Å². The predicted octanol–water partition coefficient (Wildman–Crippen LogP) is 2.55. The molecule has 86 valence electrons. The number of rotatable bonds is 4. The van der Waals surface area contributed by atoms with Crippen LogP contribution in [0.5, 0.6) is 0 Å². The lowest BCUT2D eigenvalue weighted by Crippen LogP contribution is -2.19. The van der Waals surface area contributed by atoms with E-state index in [1.54, 1.807) is 17.7 Å². The van der Waals surface area contributed by atoms with E-state index in [-0.39, 0.29) is 0 Å². The lowest BCUT2D eigenvalue weighted by molar-refractivity contribution is 0.880. The second-order valence-corrected chi connectivity index (χ2v) is 4.52. The van der Waals surface area contributed by atoms with Crippen LogP contribution in [0.1, 0.15) is 6.42 Å². The minimum atomic E-state index is 0.495. The monoisotopic (exact) mass is 244 g/mol. The van der Waals surface area contributed by atoms with Crippen molar-refractivity contribution in [3.05, 3.63) is 29.9 Å². The molecular weight excluding hydrogens is 232 g/mol. The zero-order chi connectivity index (χ0) is 12.1. The topological polar surface area (TPSA) is 52.8 Å². The van der Waals surface area contributed by atoms with Gasteiger partial charge < -0.3 is 4.90 Å². The molecule has 0 spiro atoms. The summed E-state index contributed by atoms with van der Waals surface area (Å²) in [5.41, 5.74) is 0.925. The molecule has 0 fully saturated rings. The summed E-state index contributed by atoms with van der Waals surface area (Å²) in [6, 6.07) is 8.11. The first kappa shape index (κ1) is 11.6. The molecule has 0 N–H and O–H groups in total. The molecule has 2 aromatic rings. The molecule has 2 heterocycles. The molecule has 0 bridgehead atoms. The van der Waals surface area contributed by atoms with Crippen molar-refractivity contribution in [1.29, 1.82) is 5.26 Å². The van der Waals surface area contributed by atoms with Gasteiger partial charge >= 0.3 is 0 Å². The van der Waals surface area contributed by atoms with Crippen molar-refractivity contribution in [2.45, 2.75) is 6.42 Å². The lowest BCUT2D eigenvalue weighted by atomic mass is 10.3. The molecule has 0 amide bonds. The fraction of sp³-hybridized carbons (Fsp3) is 0.250. The Morgan fingerprint density at radius 3 is 3.06 bits per heavy atom. The number of hydrogen-bond acceptors (Lipinski definition) is 5. The molecule has 0 unspecified atom stereocenters. The molecule has 0 aliphatic rings. The number of aromatic nitrogens is 2. The van der Waals surface area contributed by atoms with Gasteiger partial charge in [-0.3, -0.25) is 0 Å². The highest BCUT2D eigenvalue weighted by atomic mass is 32.1. The Bertz CT molecular complexity index is 516. The molecule has 0 aliphatic carbocycles. The Kier molecular flexibility index (Phi) is 3.68. The van der Waals surface area contributed by atoms with E-state index in [2.05, 4.69) is 16.0 Å². The van der Waals surface area contributed by atoms with E-state index in [9.17, 15) is 0 Å². The smallest absolute Gasteiger partial charge is 0.132 e. The van der Waals surface area contributed by atoms with Gasteiger partial charge in [0.15, 0.2) is 0 Å². The van der Waals surface area contributed by atoms with Crippen LogP contribution >= 0.6 is 11.3 Å². The Morgan fingerprint density at radius 2 is 2.35 bits per heavy atom. The van der Waals surface area contributed by atoms with Gasteiger partial charge in [0.05, 0.1) is 23.1 Å². The van der Waals surface area contributed by atoms with Gasteiger partial charge in [0, 0.05) is 19.7 Å². The zero-order valence-corrected chi connectivity index (χ0v) is 10.3. The SMILES string of the molecule is CN(CCC#N)c1cc(-c2cccs2)ncn1. The molecule has 0 aromatic carbocycles. The van der Waals surface area contributed by atoms with Crippen molar-refractivity contribution in [2.24, 2.45) is 0 Å². The van der Waals surface area contributed by atoms with E-state index in [4.69, 9.17) is 5.26 Å². The summed E-state index contributed by atoms with van der Waals surface area (Å²) in [6.45, 7) is 0.678. The molecule has 0 saturated heterocycles. The van der Waals surface area contributed by atoms with Gasteiger partial charge in [-0.25, -0.2) is 9.97 Å². The number of thiophene rings is 1. The average molecular weight is 244 g/mol. The summed E-state index contributed by atoms with van der Waals surface area (Å²) >= 11 is 1.65. The number of hydrogen-bond donors (Lipinski definition) is 0. The second kappa shape index (κ2) is 5.41. The van der Waals surface area contributed by atoms with Crippen LogP contribution in [-0.4, -0.2) is 23.6 Å². The Hall–Kier alpha value is -1.93. The van der Waals surface area contributed by atoms with Gasteiger partial charge in [-0.2, -0.15) is 5.26 Å². The third-order valence-corrected chi connectivity index (χ3v) is 3.27. The van der Waals surface area contributed by atoms with Crippen LogP contribution in [0.4, 0.5) is 5.82 Å². The average Bonchev–Trinajstić information content (AvgIpc) is 2.90. The van der Waals surface area contributed by atoms with Gasteiger partial charge in [-0.15, -0.1) is 11.3 Å². The summed E-state index contributed by atoms with van der Waals surface area (Å²) in [6.07, 6.45) is 2.06. The quantitative estimate of drug-likeness (QED) is 0.829. The molecule has 0 saturated carbocycles. The van der Waals surface area contributed by atoms with Crippen molar-refractivity contribution < 1.29 is 0 Å². The van der Waals surface area contributed by atoms with Crippen LogP contribution in [-0.2, 0) is 0 Å². The second-order valence-electron chi connectivity index (χ2n) is 3.57. The van der Waals surface area contributed by atoms with Gasteiger partial charge in [-0.05, 0) is 11.4 Å². The van der Waals surface area contributed by atoms with Crippen LogP contribution in [0.2, 0.25) is 0 Å². The van der Waals surface area contributed by atoms with Crippen LogP contribution in [0.25, 0.3) is 10.6 Å². The first-order valence-corrected chi connectivity index (χ1v) is 6.13. The lowest BCUT2D eigenvalue weighted by Gasteiger charge is -2.16. The van der Waals surface area contributed by atoms with Crippen molar-refractivity contribution >= 4 is 17.2 Å². The van der Waals surface area contributed by atoms with E-state index >= 15 is 0 Å². The van der Waals surface area contributed by atoms with Crippen molar-refractivity contribution in [3.8, 4) is 16.6 Å². The van der Waals surface area contributed by atoms with E-state index < -0.39 is 0 Å². The predicted molar refractivity (Wildman–Crippen MR) is 68.8 cm³/mol. The summed E-state index contributed by atoms with van der Waals surface area (Å²) < 4.78 is 0. The summed E-state index contributed by atoms with van der Waals surface area (Å²) in [7, 11) is 1.93. The molecule has 17 heavy (non-hydrogen) atoms. The third-order valence-electron chi connectivity index (χ3n) is 2.38. The normalized spacial score (nSPS) is 9.88. The highest BCUT2D eigenvalue weighted by Crippen LogP contribution is 2.24. The van der Waals surface area contributed by atoms with Crippen molar-refractivity contribution in [1.82, 2.24) is 9.97 Å². The third kappa shape index (κ3) is 2.80. The molecule has 2 aromatic heterocycles. The maximum absolute atomic E-state index is 8.56. The molecular formula is C12H12N4S. The number of nitrogens with zero attached hydrogens (tertiary/aromatic N) is 4. The first-order chi connectivity index (χ1) is 8.31. The zero-order valence-electron chi connectivity index (χ0n) is 9.50. The Morgan fingerprint density at radius 1 is 1.47 bits per heavy atom. The molecule has 0 atom stereocenters. The van der Waals surface area contributed by atoms with Gasteiger partial charge in [0.25, 0.3) is 0 Å². The first-order valence-electron chi connectivity index (χ1n) is 5.25. The van der Waals surface area contributed by atoms with E-state index in [1.165, 1.54) is 0 Å². The number of nitriles is 1. The van der Waals surface area contributed by atoms with Crippen LogP contribution in [0.3, 0.4) is 0 Å². The molecule has 5 heteroatoms. The Balaban J connectivity index is 2.20. The Labute approximate surface area is 104 Å². The van der Waals surface area contributed by atoms with E-state index in [0.29, 0.717) is 13.0 Å². The molecule has 4 nitrogen and oxygen atoms in total. The molecule has 0 aliphatic heterocycles. The minimum absolute atomic E-state index is 0.495. The fourth-order valence-electron chi connectivity index (χ4n) is 1.45. The highest BCUT2D eigenvalue weighted by Gasteiger charge is 2.06. The summed E-state index contributed by atoms with van der Waals surface area (Å²) in [5, 5.41) is 10.6. The molecule has 2 rings (SSSR count). The minimum Gasteiger partial charge on any atom is -0.359 e. The number of anilines is 1. The fourth-order valence-corrected chi connectivity index (χ4v) is 2.14. The highest BCUT2D eigenvalue weighted by molar-refractivity contribution is 7.13. The van der Waals surface area contributed by atoms with Crippen molar-refractivity contribution in [2.75, 3.05) is 18.5 Å². The van der Waals surface area contributed by atoms with Crippen LogP contribution in [0, 0.1) is 11.3 Å². The summed E-state index contributed by atoms with van der Waals surface area (Å²) in [4.78, 5) is 11.6. The maximum atomic E-state index is 8.56. The van der Waals surface area contributed by atoms with Crippen LogP contribution < -0.4 is 4.90 Å². The van der Waals surface area contributed by atoms with Crippen LogP contribution in [0.15, 0.2) is 29.9 Å². The largest absolute Gasteiger partial charge is 0.359 e.